The molecule has 1 fully saturated rings. The number of nitrogens with one attached hydrogen (secondary N) is 3. The number of aryl methyl sites for hydroxylation is 1. The van der Waals surface area contributed by atoms with Crippen LogP contribution in [0.3, 0.4) is 0 Å². The first kappa shape index (κ1) is 15.7. The van der Waals surface area contributed by atoms with Crippen molar-refractivity contribution in [3.05, 3.63) is 30.1 Å². The first-order valence-electron chi connectivity index (χ1n) is 8.20. The standard InChI is InChI=1S/C15H23N7O/c23-15(18-7-4-13-9-16-11-19-13)14-10-22(21-20-14)8-5-12-3-1-2-6-17-12/h9-12,17H,1-8H2,(H,16,19)(H,18,23). The van der Waals surface area contributed by atoms with Gasteiger partial charge in [0.05, 0.1) is 12.5 Å². The maximum atomic E-state index is 12.0. The van der Waals surface area contributed by atoms with Crippen molar-refractivity contribution in [3.8, 4) is 0 Å². The Balaban J connectivity index is 1.41. The fourth-order valence-electron chi connectivity index (χ4n) is 2.79. The lowest BCUT2D eigenvalue weighted by atomic mass is 10.0. The molecule has 0 aromatic carbocycles. The molecule has 8 nitrogen and oxygen atoms in total. The molecule has 8 heteroatoms. The van der Waals surface area contributed by atoms with Crippen molar-refractivity contribution in [2.75, 3.05) is 13.1 Å². The van der Waals surface area contributed by atoms with Crippen molar-refractivity contribution in [2.45, 2.75) is 44.7 Å². The van der Waals surface area contributed by atoms with E-state index in [0.717, 1.165) is 25.2 Å². The van der Waals surface area contributed by atoms with Crippen LogP contribution in [-0.2, 0) is 13.0 Å². The Morgan fingerprint density at radius 1 is 1.43 bits per heavy atom. The molecular formula is C15H23N7O. The van der Waals surface area contributed by atoms with E-state index in [4.69, 9.17) is 0 Å². The van der Waals surface area contributed by atoms with Crippen molar-refractivity contribution in [1.29, 1.82) is 0 Å². The zero-order chi connectivity index (χ0) is 15.9. The van der Waals surface area contributed by atoms with Gasteiger partial charge in [-0.2, -0.15) is 0 Å². The molecule has 3 heterocycles. The van der Waals surface area contributed by atoms with Gasteiger partial charge in [0.15, 0.2) is 5.69 Å². The number of carbonyl (C=O) groups is 1. The second kappa shape index (κ2) is 7.87. The van der Waals surface area contributed by atoms with E-state index in [9.17, 15) is 4.79 Å². The third kappa shape index (κ3) is 4.62. The quantitative estimate of drug-likeness (QED) is 0.690. The van der Waals surface area contributed by atoms with Gasteiger partial charge in [-0.05, 0) is 25.8 Å². The Hall–Kier alpha value is -2.22. The number of carbonyl (C=O) groups excluding carboxylic acids is 1. The Kier molecular flexibility index (Phi) is 5.36. The summed E-state index contributed by atoms with van der Waals surface area (Å²) in [5, 5.41) is 14.3. The van der Waals surface area contributed by atoms with Gasteiger partial charge in [-0.25, -0.2) is 4.98 Å². The van der Waals surface area contributed by atoms with E-state index in [1.54, 1.807) is 23.4 Å². The highest BCUT2D eigenvalue weighted by Crippen LogP contribution is 2.10. The summed E-state index contributed by atoms with van der Waals surface area (Å²) < 4.78 is 1.75. The van der Waals surface area contributed by atoms with E-state index in [1.165, 1.54) is 19.3 Å². The van der Waals surface area contributed by atoms with Gasteiger partial charge in [0.1, 0.15) is 0 Å². The summed E-state index contributed by atoms with van der Waals surface area (Å²) in [6.45, 7) is 2.43. The number of hydrogen-bond acceptors (Lipinski definition) is 5. The highest BCUT2D eigenvalue weighted by molar-refractivity contribution is 5.91. The minimum atomic E-state index is -0.188. The SMILES string of the molecule is O=C(NCCc1cnc[nH]1)c1cn(CCC2CCCCN2)nn1. The number of rotatable bonds is 7. The second-order valence-corrected chi connectivity index (χ2v) is 5.89. The molecule has 0 radical (unpaired) electrons. The Morgan fingerprint density at radius 3 is 3.17 bits per heavy atom. The molecule has 0 aliphatic carbocycles. The third-order valence-corrected chi connectivity index (χ3v) is 4.13. The maximum Gasteiger partial charge on any atom is 0.273 e. The van der Waals surface area contributed by atoms with Gasteiger partial charge in [0.2, 0.25) is 0 Å². The first-order valence-corrected chi connectivity index (χ1v) is 8.20. The summed E-state index contributed by atoms with van der Waals surface area (Å²) in [6, 6.07) is 0.555. The van der Waals surface area contributed by atoms with E-state index < -0.39 is 0 Å². The molecule has 1 amide bonds. The fourth-order valence-corrected chi connectivity index (χ4v) is 2.79. The van der Waals surface area contributed by atoms with E-state index in [-0.39, 0.29) is 5.91 Å². The molecule has 2 aromatic rings. The van der Waals surface area contributed by atoms with Crippen molar-refractivity contribution in [2.24, 2.45) is 0 Å². The maximum absolute atomic E-state index is 12.0. The fraction of sp³-hybridized carbons (Fsp3) is 0.600. The topological polar surface area (TPSA) is 101 Å². The summed E-state index contributed by atoms with van der Waals surface area (Å²) in [5.41, 5.74) is 1.36. The number of H-pyrrole nitrogens is 1. The largest absolute Gasteiger partial charge is 0.350 e. The van der Waals surface area contributed by atoms with Gasteiger partial charge in [-0.3, -0.25) is 9.48 Å². The van der Waals surface area contributed by atoms with Crippen LogP contribution < -0.4 is 10.6 Å². The number of aromatic nitrogens is 5. The van der Waals surface area contributed by atoms with Crippen LogP contribution in [-0.4, -0.2) is 50.0 Å². The molecule has 1 aliphatic heterocycles. The van der Waals surface area contributed by atoms with Crippen LogP contribution in [0.15, 0.2) is 18.7 Å². The van der Waals surface area contributed by atoms with Crippen LogP contribution in [0.1, 0.15) is 41.9 Å². The van der Waals surface area contributed by atoms with E-state index in [2.05, 4.69) is 30.9 Å². The number of amides is 1. The molecule has 3 N–H and O–H groups in total. The second-order valence-electron chi connectivity index (χ2n) is 5.89. The molecule has 1 aliphatic rings. The van der Waals surface area contributed by atoms with Crippen molar-refractivity contribution in [1.82, 2.24) is 35.6 Å². The van der Waals surface area contributed by atoms with Crippen LogP contribution in [0.4, 0.5) is 0 Å². The molecule has 1 saturated heterocycles. The van der Waals surface area contributed by atoms with E-state index in [1.807, 2.05) is 0 Å². The van der Waals surface area contributed by atoms with Gasteiger partial charge in [-0.15, -0.1) is 5.10 Å². The number of hydrogen-bond donors (Lipinski definition) is 3. The molecule has 0 bridgehead atoms. The summed E-state index contributed by atoms with van der Waals surface area (Å²) in [6.07, 6.45) is 10.6. The highest BCUT2D eigenvalue weighted by Gasteiger charge is 2.14. The minimum Gasteiger partial charge on any atom is -0.350 e. The predicted octanol–water partition coefficient (Wildman–Crippen LogP) is 0.506. The lowest BCUT2D eigenvalue weighted by molar-refractivity contribution is 0.0949. The average Bonchev–Trinajstić information content (AvgIpc) is 3.25. The summed E-state index contributed by atoms with van der Waals surface area (Å²) in [4.78, 5) is 19.0. The molecule has 124 valence electrons. The van der Waals surface area contributed by atoms with Crippen LogP contribution >= 0.6 is 0 Å². The molecule has 23 heavy (non-hydrogen) atoms. The smallest absolute Gasteiger partial charge is 0.273 e. The van der Waals surface area contributed by atoms with Gasteiger partial charge in [0, 0.05) is 37.4 Å². The average molecular weight is 317 g/mol. The summed E-state index contributed by atoms with van der Waals surface area (Å²) >= 11 is 0. The van der Waals surface area contributed by atoms with Crippen LogP contribution in [0.2, 0.25) is 0 Å². The number of imidazole rings is 1. The van der Waals surface area contributed by atoms with Gasteiger partial charge in [0.25, 0.3) is 5.91 Å². The molecule has 0 saturated carbocycles. The lowest BCUT2D eigenvalue weighted by Gasteiger charge is -2.23. The Bertz CT molecular complexity index is 601. The third-order valence-electron chi connectivity index (χ3n) is 4.13. The molecular weight excluding hydrogens is 294 g/mol. The highest BCUT2D eigenvalue weighted by atomic mass is 16.2. The number of aromatic amines is 1. The molecule has 2 aromatic heterocycles. The summed E-state index contributed by atoms with van der Waals surface area (Å²) in [5.74, 6) is -0.188. The van der Waals surface area contributed by atoms with Crippen molar-refractivity contribution >= 4 is 5.91 Å². The van der Waals surface area contributed by atoms with Gasteiger partial charge in [-0.1, -0.05) is 11.6 Å². The van der Waals surface area contributed by atoms with Crippen LogP contribution in [0, 0.1) is 0 Å². The van der Waals surface area contributed by atoms with E-state index >= 15 is 0 Å². The lowest BCUT2D eigenvalue weighted by Crippen LogP contribution is -2.34. The Morgan fingerprint density at radius 2 is 2.39 bits per heavy atom. The monoisotopic (exact) mass is 317 g/mol. The molecule has 1 unspecified atom stereocenters. The van der Waals surface area contributed by atoms with Crippen LogP contribution in [0.5, 0.6) is 0 Å². The summed E-state index contributed by atoms with van der Waals surface area (Å²) in [7, 11) is 0. The number of piperidine rings is 1. The molecule has 1 atom stereocenters. The number of nitrogens with zero attached hydrogens (tertiary/aromatic N) is 4. The minimum absolute atomic E-state index is 0.188. The van der Waals surface area contributed by atoms with Gasteiger partial charge < -0.3 is 15.6 Å². The van der Waals surface area contributed by atoms with Gasteiger partial charge >= 0.3 is 0 Å². The zero-order valence-corrected chi connectivity index (χ0v) is 13.2. The molecule has 3 rings (SSSR count). The van der Waals surface area contributed by atoms with Crippen molar-refractivity contribution < 1.29 is 4.79 Å². The zero-order valence-electron chi connectivity index (χ0n) is 13.2. The first-order chi connectivity index (χ1) is 11.3. The van der Waals surface area contributed by atoms with E-state index in [0.29, 0.717) is 24.7 Å². The van der Waals surface area contributed by atoms with Crippen molar-refractivity contribution in [3.63, 3.8) is 0 Å². The molecule has 0 spiro atoms. The van der Waals surface area contributed by atoms with Crippen LogP contribution in [0.25, 0.3) is 0 Å². The predicted molar refractivity (Wildman–Crippen MR) is 84.9 cm³/mol. The Labute approximate surface area is 135 Å². The normalized spacial score (nSPS) is 18.0.